The van der Waals surface area contributed by atoms with Crippen molar-refractivity contribution >= 4 is 34.9 Å². The van der Waals surface area contributed by atoms with Crippen LogP contribution in [0.2, 0.25) is 0 Å². The van der Waals surface area contributed by atoms with Crippen molar-refractivity contribution in [2.45, 2.75) is 11.3 Å². The quantitative estimate of drug-likeness (QED) is 0.300. The van der Waals surface area contributed by atoms with Crippen molar-refractivity contribution in [3.05, 3.63) is 66.0 Å². The number of hydrogen-bond donors (Lipinski definition) is 0. The fourth-order valence-electron chi connectivity index (χ4n) is 3.12. The van der Waals surface area contributed by atoms with Crippen molar-refractivity contribution in [3.8, 4) is 6.07 Å². The largest absolute Gasteiger partial charge is 0.457 e. The normalized spacial score (nSPS) is 12.4. The number of carbonyl (C=O) groups is 2. The monoisotopic (exact) mass is 407 g/mol. The van der Waals surface area contributed by atoms with E-state index in [4.69, 9.17) is 4.74 Å². The molecule has 29 heavy (non-hydrogen) atoms. The molecule has 0 saturated carbocycles. The molecule has 2 aromatic carbocycles. The third-order valence-electron chi connectivity index (χ3n) is 4.54. The number of anilines is 2. The number of fused-ring (bicyclic) bond motifs is 1. The second-order valence-corrected chi connectivity index (χ2v) is 7.58. The molecule has 0 fully saturated rings. The summed E-state index contributed by atoms with van der Waals surface area (Å²) < 4.78 is 5.11. The Morgan fingerprint density at radius 3 is 2.17 bits per heavy atom. The topological polar surface area (TPSA) is 73.6 Å². The molecule has 7 heteroatoms. The predicted molar refractivity (Wildman–Crippen MR) is 114 cm³/mol. The summed E-state index contributed by atoms with van der Waals surface area (Å²) >= 11 is 1.55. The van der Waals surface area contributed by atoms with Crippen LogP contribution in [0.4, 0.5) is 11.4 Å². The average molecular weight is 407 g/mol. The van der Waals surface area contributed by atoms with Crippen LogP contribution in [0.3, 0.4) is 0 Å². The predicted octanol–water partition coefficient (Wildman–Crippen LogP) is 3.60. The van der Waals surface area contributed by atoms with Crippen LogP contribution in [0.5, 0.6) is 0 Å². The Morgan fingerprint density at radius 1 is 1.00 bits per heavy atom. The summed E-state index contributed by atoms with van der Waals surface area (Å²) in [5.74, 6) is 0.0669. The van der Waals surface area contributed by atoms with Gasteiger partial charge in [-0.05, 0) is 24.3 Å². The molecule has 3 rings (SSSR count). The van der Waals surface area contributed by atoms with Crippen LogP contribution < -0.4 is 9.80 Å². The molecule has 1 heterocycles. The molecule has 2 aromatic rings. The van der Waals surface area contributed by atoms with Gasteiger partial charge in [-0.2, -0.15) is 5.26 Å². The van der Waals surface area contributed by atoms with Crippen LogP contribution in [0.1, 0.15) is 6.42 Å². The maximum atomic E-state index is 12.6. The highest BCUT2D eigenvalue weighted by atomic mass is 32.2. The molecule has 0 saturated heterocycles. The third kappa shape index (κ3) is 4.61. The van der Waals surface area contributed by atoms with E-state index in [1.807, 2.05) is 60.7 Å². The molecular formula is C22H21N3O3S. The van der Waals surface area contributed by atoms with Gasteiger partial charge in [0.15, 0.2) is 6.61 Å². The number of ether oxygens (including phenoxy) is 1. The lowest BCUT2D eigenvalue weighted by atomic mass is 10.2. The highest BCUT2D eigenvalue weighted by molar-refractivity contribution is 7.99. The van der Waals surface area contributed by atoms with Gasteiger partial charge in [-0.25, -0.2) is 0 Å². The molecular weight excluding hydrogens is 386 g/mol. The third-order valence-corrected chi connectivity index (χ3v) is 5.55. The number of nitrogens with zero attached hydrogens (tertiary/aromatic N) is 3. The Kier molecular flexibility index (Phi) is 6.57. The van der Waals surface area contributed by atoms with Crippen molar-refractivity contribution in [3.63, 3.8) is 0 Å². The lowest BCUT2D eigenvalue weighted by Crippen LogP contribution is -2.27. The first-order valence-corrected chi connectivity index (χ1v) is 10.1. The summed E-state index contributed by atoms with van der Waals surface area (Å²) in [6.45, 7) is -0.445. The highest BCUT2D eigenvalue weighted by Gasteiger charge is 2.31. The Bertz CT molecular complexity index is 951. The number of rotatable bonds is 7. The van der Waals surface area contributed by atoms with Crippen LogP contribution >= 0.6 is 11.8 Å². The molecule has 0 unspecified atom stereocenters. The van der Waals surface area contributed by atoms with Crippen molar-refractivity contribution in [2.75, 3.05) is 36.3 Å². The van der Waals surface area contributed by atoms with E-state index in [0.29, 0.717) is 11.6 Å². The first-order chi connectivity index (χ1) is 14.0. The average Bonchev–Trinajstić information content (AvgIpc) is 2.99. The van der Waals surface area contributed by atoms with Crippen LogP contribution in [0, 0.1) is 11.3 Å². The molecule has 148 valence electrons. The zero-order valence-electron chi connectivity index (χ0n) is 16.3. The minimum Gasteiger partial charge on any atom is -0.457 e. The van der Waals surface area contributed by atoms with E-state index < -0.39 is 18.4 Å². The molecule has 0 aliphatic carbocycles. The molecule has 0 bridgehead atoms. The van der Waals surface area contributed by atoms with Crippen molar-refractivity contribution in [1.82, 2.24) is 0 Å². The van der Waals surface area contributed by atoms with Crippen LogP contribution in [0.15, 0.2) is 70.9 Å². The minimum absolute atomic E-state index is 0.0299. The van der Waals surface area contributed by atoms with Crippen LogP contribution in [-0.2, 0) is 14.3 Å². The van der Waals surface area contributed by atoms with E-state index in [1.165, 1.54) is 0 Å². The van der Waals surface area contributed by atoms with Gasteiger partial charge in [-0.3, -0.25) is 9.59 Å². The molecule has 1 aliphatic rings. The zero-order chi connectivity index (χ0) is 20.8. The molecule has 0 atom stereocenters. The van der Waals surface area contributed by atoms with E-state index in [-0.39, 0.29) is 12.0 Å². The van der Waals surface area contributed by atoms with Crippen molar-refractivity contribution in [1.29, 1.82) is 5.26 Å². The number of nitriles is 1. The summed E-state index contributed by atoms with van der Waals surface area (Å²) in [5.41, 5.74) is 1.78. The lowest BCUT2D eigenvalue weighted by molar-refractivity contribution is -0.146. The highest BCUT2D eigenvalue weighted by Crippen LogP contribution is 2.40. The van der Waals surface area contributed by atoms with Gasteiger partial charge in [0.2, 0.25) is 5.78 Å². The molecule has 6 nitrogen and oxygen atoms in total. The van der Waals surface area contributed by atoms with Gasteiger partial charge in [-0.15, -0.1) is 11.8 Å². The Morgan fingerprint density at radius 2 is 1.59 bits per heavy atom. The summed E-state index contributed by atoms with van der Waals surface area (Å²) in [6.07, 6.45) is 0.191. The smallest absolute Gasteiger partial charge is 0.307 e. The summed E-state index contributed by atoms with van der Waals surface area (Å²) in [4.78, 5) is 29.2. The van der Waals surface area contributed by atoms with E-state index in [2.05, 4.69) is 0 Å². The Labute approximate surface area is 174 Å². The minimum atomic E-state index is -0.516. The Balaban J connectivity index is 1.59. The van der Waals surface area contributed by atoms with Gasteiger partial charge in [0.1, 0.15) is 17.5 Å². The fraction of sp³-hybridized carbons (Fsp3) is 0.227. The molecule has 0 spiro atoms. The lowest BCUT2D eigenvalue weighted by Gasteiger charge is -2.19. The van der Waals surface area contributed by atoms with Crippen molar-refractivity contribution < 1.29 is 14.3 Å². The summed E-state index contributed by atoms with van der Waals surface area (Å²) in [5, 5.41) is 9.58. The number of para-hydroxylation sites is 2. The van der Waals surface area contributed by atoms with Gasteiger partial charge in [-0.1, -0.05) is 30.3 Å². The van der Waals surface area contributed by atoms with Gasteiger partial charge in [0.05, 0.1) is 17.8 Å². The molecule has 0 radical (unpaired) electrons. The van der Waals surface area contributed by atoms with Gasteiger partial charge in [0.25, 0.3) is 0 Å². The second-order valence-electron chi connectivity index (χ2n) is 6.41. The van der Waals surface area contributed by atoms with Gasteiger partial charge in [0, 0.05) is 24.7 Å². The molecule has 0 amide bonds. The van der Waals surface area contributed by atoms with Crippen LogP contribution in [-0.4, -0.2) is 38.2 Å². The molecule has 0 aromatic heterocycles. The van der Waals surface area contributed by atoms with Crippen molar-refractivity contribution in [2.24, 2.45) is 0 Å². The van der Waals surface area contributed by atoms with E-state index in [0.717, 1.165) is 16.3 Å². The molecule has 1 aliphatic heterocycles. The van der Waals surface area contributed by atoms with Gasteiger partial charge >= 0.3 is 5.97 Å². The number of ketones is 1. The maximum Gasteiger partial charge on any atom is 0.307 e. The number of benzene rings is 2. The first-order valence-electron chi connectivity index (χ1n) is 9.10. The summed E-state index contributed by atoms with van der Waals surface area (Å²) in [6, 6.07) is 19.4. The number of carbonyl (C=O) groups excluding carboxylic acids is 2. The van der Waals surface area contributed by atoms with Gasteiger partial charge < -0.3 is 14.5 Å². The summed E-state index contributed by atoms with van der Waals surface area (Å²) in [7, 11) is 3.60. The van der Waals surface area contributed by atoms with Crippen LogP contribution in [0.25, 0.3) is 0 Å². The SMILES string of the molecule is CN1C(=C(C#N)C(=O)COC(=O)CCSc2ccccc2)N(C)c2ccccc21. The van der Waals surface area contributed by atoms with E-state index >= 15 is 0 Å². The number of thioether (sulfide) groups is 1. The van der Waals surface area contributed by atoms with E-state index in [1.54, 1.807) is 35.7 Å². The zero-order valence-corrected chi connectivity index (χ0v) is 17.1. The molecule has 0 N–H and O–H groups in total. The standard InChI is InChI=1S/C22H21N3O3S/c1-24-18-10-6-7-11-19(18)25(2)22(24)17(14-23)20(26)15-28-21(27)12-13-29-16-8-4-3-5-9-16/h3-11H,12-13,15H2,1-2H3. The number of Topliss-reactive ketones (excluding diaryl/α,β-unsaturated/α-hetero) is 1. The second kappa shape index (κ2) is 9.30. The number of esters is 1. The Hall–Kier alpha value is -3.24. The first kappa shape index (κ1) is 20.5. The number of hydrogen-bond acceptors (Lipinski definition) is 7. The fourth-order valence-corrected chi connectivity index (χ4v) is 3.97. The maximum absolute atomic E-state index is 12.6. The van der Waals surface area contributed by atoms with E-state index in [9.17, 15) is 14.9 Å².